The van der Waals surface area contributed by atoms with Gasteiger partial charge in [-0.15, -0.1) is 0 Å². The van der Waals surface area contributed by atoms with Crippen molar-refractivity contribution in [3.63, 3.8) is 0 Å². The Bertz CT molecular complexity index is 296. The maximum absolute atomic E-state index is 11.4. The zero-order chi connectivity index (χ0) is 12.9. The number of esters is 2. The predicted molar refractivity (Wildman–Crippen MR) is 57.6 cm³/mol. The number of hydrogen-bond acceptors (Lipinski definition) is 5. The zero-order valence-electron chi connectivity index (χ0n) is 10.3. The summed E-state index contributed by atoms with van der Waals surface area (Å²) in [6, 6.07) is 0. The molecular weight excluding hydrogens is 212 g/mol. The van der Waals surface area contributed by atoms with E-state index in [0.717, 1.165) is 25.4 Å². The highest BCUT2D eigenvalue weighted by atomic mass is 16.6. The van der Waals surface area contributed by atoms with Gasteiger partial charge in [-0.1, -0.05) is 11.1 Å². The molecule has 5 nitrogen and oxygen atoms in total. The van der Waals surface area contributed by atoms with Crippen LogP contribution in [0.25, 0.3) is 0 Å². The smallest absolute Gasteiger partial charge is 0.350 e. The van der Waals surface area contributed by atoms with E-state index < -0.39 is 17.5 Å². The van der Waals surface area contributed by atoms with Crippen LogP contribution in [0.4, 0.5) is 0 Å². The van der Waals surface area contributed by atoms with Gasteiger partial charge in [0.1, 0.15) is 0 Å². The van der Waals surface area contributed by atoms with Crippen LogP contribution in [0.1, 0.15) is 27.2 Å². The molecule has 0 aliphatic rings. The average Bonchev–Trinajstić information content (AvgIpc) is 2.25. The zero-order valence-corrected chi connectivity index (χ0v) is 10.3. The van der Waals surface area contributed by atoms with E-state index in [4.69, 9.17) is 0 Å². The van der Waals surface area contributed by atoms with Gasteiger partial charge in [-0.25, -0.2) is 9.59 Å². The van der Waals surface area contributed by atoms with Crippen LogP contribution in [0, 0.1) is 0 Å². The van der Waals surface area contributed by atoms with Gasteiger partial charge in [-0.3, -0.25) is 0 Å². The highest BCUT2D eigenvalue weighted by Gasteiger charge is 2.46. The van der Waals surface area contributed by atoms with Crippen LogP contribution in [-0.4, -0.2) is 36.9 Å². The molecular formula is C11H18O5. The number of carbonyl (C=O) groups excluding carboxylic acids is 2. The van der Waals surface area contributed by atoms with Crippen LogP contribution in [0.5, 0.6) is 0 Å². The molecule has 0 fully saturated rings. The van der Waals surface area contributed by atoms with E-state index in [1.807, 2.05) is 13.8 Å². The third-order valence-corrected chi connectivity index (χ3v) is 2.42. The third kappa shape index (κ3) is 3.06. The molecule has 0 aliphatic heterocycles. The molecule has 0 aromatic rings. The van der Waals surface area contributed by atoms with Crippen LogP contribution >= 0.6 is 0 Å². The van der Waals surface area contributed by atoms with Gasteiger partial charge in [0.2, 0.25) is 0 Å². The average molecular weight is 230 g/mol. The predicted octanol–water partition coefficient (Wildman–Crippen LogP) is 0.810. The van der Waals surface area contributed by atoms with Gasteiger partial charge in [0.15, 0.2) is 0 Å². The van der Waals surface area contributed by atoms with Crippen LogP contribution in [0.15, 0.2) is 11.1 Å². The number of ether oxygens (including phenoxy) is 2. The number of allylic oxidation sites excluding steroid dienone is 1. The fourth-order valence-corrected chi connectivity index (χ4v) is 1.13. The molecule has 0 amide bonds. The Labute approximate surface area is 95.0 Å². The molecule has 5 heteroatoms. The molecule has 0 unspecified atom stereocenters. The van der Waals surface area contributed by atoms with E-state index in [9.17, 15) is 14.7 Å². The minimum absolute atomic E-state index is 0.130. The monoisotopic (exact) mass is 230 g/mol. The van der Waals surface area contributed by atoms with Gasteiger partial charge in [-0.05, 0) is 20.8 Å². The Morgan fingerprint density at radius 1 is 1.06 bits per heavy atom. The second kappa shape index (κ2) is 5.65. The Morgan fingerprint density at radius 3 is 1.69 bits per heavy atom. The minimum atomic E-state index is -2.26. The highest BCUT2D eigenvalue weighted by molar-refractivity contribution is 6.03. The fourth-order valence-electron chi connectivity index (χ4n) is 1.13. The van der Waals surface area contributed by atoms with Gasteiger partial charge >= 0.3 is 11.9 Å². The molecule has 92 valence electrons. The molecule has 0 spiro atoms. The molecule has 1 N–H and O–H groups in total. The summed E-state index contributed by atoms with van der Waals surface area (Å²) in [6.07, 6.45) is -0.130. The minimum Gasteiger partial charge on any atom is -0.466 e. The van der Waals surface area contributed by atoms with E-state index in [0.29, 0.717) is 0 Å². The Hall–Kier alpha value is -1.36. The molecule has 0 heterocycles. The molecule has 0 saturated heterocycles. The van der Waals surface area contributed by atoms with E-state index in [1.54, 1.807) is 6.92 Å². The summed E-state index contributed by atoms with van der Waals surface area (Å²) in [7, 11) is 2.21. The van der Waals surface area contributed by atoms with Gasteiger partial charge in [0.25, 0.3) is 5.60 Å². The van der Waals surface area contributed by atoms with Gasteiger partial charge < -0.3 is 14.6 Å². The fraction of sp³-hybridized carbons (Fsp3) is 0.636. The van der Waals surface area contributed by atoms with Crippen molar-refractivity contribution >= 4 is 11.9 Å². The number of aliphatic hydroxyl groups is 1. The number of carbonyl (C=O) groups is 2. The van der Waals surface area contributed by atoms with Crippen LogP contribution in [0.2, 0.25) is 0 Å². The highest BCUT2D eigenvalue weighted by Crippen LogP contribution is 2.22. The van der Waals surface area contributed by atoms with Crippen LogP contribution in [-0.2, 0) is 19.1 Å². The quantitative estimate of drug-likeness (QED) is 0.439. The number of hydrogen-bond donors (Lipinski definition) is 1. The van der Waals surface area contributed by atoms with Gasteiger partial charge in [0.05, 0.1) is 14.2 Å². The van der Waals surface area contributed by atoms with Crippen molar-refractivity contribution in [2.45, 2.75) is 32.8 Å². The molecule has 0 rings (SSSR count). The van der Waals surface area contributed by atoms with Crippen molar-refractivity contribution in [2.24, 2.45) is 0 Å². The Kier molecular flexibility index (Phi) is 5.17. The lowest BCUT2D eigenvalue weighted by atomic mass is 9.93. The standard InChI is InChI=1S/C11H18O5/c1-7(2)8(3)6-11(14,9(12)15-4)10(13)16-5/h14H,6H2,1-5H3. The lowest BCUT2D eigenvalue weighted by Crippen LogP contribution is -2.48. The summed E-state index contributed by atoms with van der Waals surface area (Å²) in [6.45, 7) is 5.38. The third-order valence-electron chi connectivity index (χ3n) is 2.42. The molecule has 0 aromatic carbocycles. The number of methoxy groups -OCH3 is 2. The topological polar surface area (TPSA) is 72.8 Å². The summed E-state index contributed by atoms with van der Waals surface area (Å²) >= 11 is 0. The summed E-state index contributed by atoms with van der Waals surface area (Å²) < 4.78 is 8.81. The number of rotatable bonds is 4. The van der Waals surface area contributed by atoms with Crippen molar-refractivity contribution in [1.29, 1.82) is 0 Å². The lowest BCUT2D eigenvalue weighted by molar-refractivity contribution is -0.180. The molecule has 0 atom stereocenters. The molecule has 0 aromatic heterocycles. The Balaban J connectivity index is 5.19. The normalized spacial score (nSPS) is 10.6. The van der Waals surface area contributed by atoms with E-state index in [1.165, 1.54) is 0 Å². The van der Waals surface area contributed by atoms with Gasteiger partial charge in [-0.2, -0.15) is 0 Å². The van der Waals surface area contributed by atoms with Crippen molar-refractivity contribution in [3.8, 4) is 0 Å². The van der Waals surface area contributed by atoms with E-state index in [2.05, 4.69) is 9.47 Å². The van der Waals surface area contributed by atoms with Crippen molar-refractivity contribution in [3.05, 3.63) is 11.1 Å². The van der Waals surface area contributed by atoms with Crippen molar-refractivity contribution in [2.75, 3.05) is 14.2 Å². The van der Waals surface area contributed by atoms with Crippen LogP contribution < -0.4 is 0 Å². The first-order valence-corrected chi connectivity index (χ1v) is 4.81. The van der Waals surface area contributed by atoms with E-state index in [-0.39, 0.29) is 6.42 Å². The van der Waals surface area contributed by atoms with Crippen LogP contribution in [0.3, 0.4) is 0 Å². The lowest BCUT2D eigenvalue weighted by Gasteiger charge is -2.23. The molecule has 16 heavy (non-hydrogen) atoms. The summed E-state index contributed by atoms with van der Waals surface area (Å²) in [5, 5.41) is 9.98. The first kappa shape index (κ1) is 14.6. The molecule has 0 radical (unpaired) electrons. The van der Waals surface area contributed by atoms with Gasteiger partial charge in [0, 0.05) is 6.42 Å². The summed E-state index contributed by atoms with van der Waals surface area (Å²) in [5.74, 6) is -2.03. The molecule has 0 bridgehead atoms. The Morgan fingerprint density at radius 2 is 1.44 bits per heavy atom. The summed E-state index contributed by atoms with van der Waals surface area (Å²) in [4.78, 5) is 22.8. The second-order valence-corrected chi connectivity index (χ2v) is 3.80. The maximum Gasteiger partial charge on any atom is 0.350 e. The SMILES string of the molecule is COC(=O)C(O)(CC(C)=C(C)C)C(=O)OC. The second-order valence-electron chi connectivity index (χ2n) is 3.80. The largest absolute Gasteiger partial charge is 0.466 e. The maximum atomic E-state index is 11.4. The van der Waals surface area contributed by atoms with E-state index >= 15 is 0 Å². The van der Waals surface area contributed by atoms with Crippen molar-refractivity contribution in [1.82, 2.24) is 0 Å². The molecule has 0 aliphatic carbocycles. The molecule has 0 saturated carbocycles. The first-order chi connectivity index (χ1) is 7.29. The summed E-state index contributed by atoms with van der Waals surface area (Å²) in [5.41, 5.74) is -0.602. The van der Waals surface area contributed by atoms with Crippen molar-refractivity contribution < 1.29 is 24.2 Å². The first-order valence-electron chi connectivity index (χ1n) is 4.81.